The van der Waals surface area contributed by atoms with Crippen molar-refractivity contribution in [3.63, 3.8) is 0 Å². The van der Waals surface area contributed by atoms with E-state index in [0.29, 0.717) is 0 Å². The number of hydrogen-bond donors (Lipinski definition) is 0. The van der Waals surface area contributed by atoms with Gasteiger partial charge in [0.15, 0.2) is 0 Å². The van der Waals surface area contributed by atoms with E-state index in [1.165, 1.54) is 0 Å². The van der Waals surface area contributed by atoms with Crippen LogP contribution in [0.3, 0.4) is 0 Å². The molecule has 0 rings (SSSR count). The van der Waals surface area contributed by atoms with E-state index in [4.69, 9.17) is 0 Å². The van der Waals surface area contributed by atoms with Crippen LogP contribution in [-0.4, -0.2) is 6.99 Å². The van der Waals surface area contributed by atoms with Gasteiger partial charge in [0.1, 0.15) is 0 Å². The summed E-state index contributed by atoms with van der Waals surface area (Å²) in [5, 5.41) is 0. The third-order valence-electron chi connectivity index (χ3n) is 0.293. The van der Waals surface area contributed by atoms with Crippen molar-refractivity contribution in [2.45, 2.75) is 0 Å². The maximum Gasteiger partial charge on any atom is 0.511 e. The molecule has 0 heterocycles. The monoisotopic (exact) mass is 80.0 g/mol. The highest BCUT2D eigenvalue weighted by molar-refractivity contribution is 6.68. The largest absolute Gasteiger partial charge is 0.511 e. The number of rotatable bonds is 0. The van der Waals surface area contributed by atoms with Gasteiger partial charge in [-0.25, -0.2) is 0 Å². The minimum Gasteiger partial charge on any atom is -0.297 e. The molecule has 28 valence electrons. The number of terminal acetylenes is 2. The Morgan fingerprint density at radius 1 is 1.33 bits per heavy atom. The van der Waals surface area contributed by atoms with Crippen molar-refractivity contribution in [2.24, 2.45) is 0 Å². The van der Waals surface area contributed by atoms with Crippen LogP contribution in [0.5, 0.6) is 0 Å². The molecule has 0 spiro atoms. The quantitative estimate of drug-likeness (QED) is 0.290. The standard InChI is InChI=1S/C4H2BF/c1-3-5(6)4-2/h1-2H. The molecule has 0 aromatic rings. The van der Waals surface area contributed by atoms with E-state index in [2.05, 4.69) is 12.8 Å². The molecule has 0 fully saturated rings. The molecule has 0 amide bonds. The van der Waals surface area contributed by atoms with Gasteiger partial charge in [0.05, 0.1) is 0 Å². The third-order valence-corrected chi connectivity index (χ3v) is 0.293. The van der Waals surface area contributed by atoms with Crippen LogP contribution >= 0.6 is 0 Å². The fraction of sp³-hybridized carbons (Fsp3) is 0. The Morgan fingerprint density at radius 2 is 1.67 bits per heavy atom. The molecular formula is C4H2BF. The van der Waals surface area contributed by atoms with Crippen molar-refractivity contribution in [3.8, 4) is 24.5 Å². The second-order valence-corrected chi connectivity index (χ2v) is 0.696. The Labute approximate surface area is 36.9 Å². The zero-order valence-electron chi connectivity index (χ0n) is 3.11. The molecular weight excluding hydrogens is 77.9 g/mol. The summed E-state index contributed by atoms with van der Waals surface area (Å²) in [6, 6.07) is 0. The van der Waals surface area contributed by atoms with Crippen LogP contribution in [0.2, 0.25) is 0 Å². The fourth-order valence-corrected chi connectivity index (χ4v) is 0.0481. The summed E-state index contributed by atoms with van der Waals surface area (Å²) in [6.07, 6.45) is 9.03. The Bertz CT molecular complexity index is 91.7. The molecule has 6 heavy (non-hydrogen) atoms. The van der Waals surface area contributed by atoms with Gasteiger partial charge in [-0.1, -0.05) is 0 Å². The van der Waals surface area contributed by atoms with Crippen molar-refractivity contribution in [1.29, 1.82) is 0 Å². The Hall–Kier alpha value is -0.885. The van der Waals surface area contributed by atoms with Crippen molar-refractivity contribution in [3.05, 3.63) is 0 Å². The molecule has 0 saturated carbocycles. The molecule has 0 saturated heterocycles. The highest BCUT2D eigenvalue weighted by atomic mass is 19.1. The van der Waals surface area contributed by atoms with Crippen molar-refractivity contribution >= 4 is 6.99 Å². The molecule has 0 atom stereocenters. The molecule has 0 aliphatic rings. The molecule has 0 aliphatic carbocycles. The van der Waals surface area contributed by atoms with Gasteiger partial charge >= 0.3 is 6.99 Å². The average molecular weight is 79.9 g/mol. The highest BCUT2D eigenvalue weighted by Crippen LogP contribution is 1.71. The van der Waals surface area contributed by atoms with Crippen LogP contribution in [0.15, 0.2) is 0 Å². The average Bonchev–Trinajstić information content (AvgIpc) is 1.65. The minimum absolute atomic E-state index is 1.51. The van der Waals surface area contributed by atoms with Crippen molar-refractivity contribution in [1.82, 2.24) is 0 Å². The zero-order valence-corrected chi connectivity index (χ0v) is 3.11. The fourth-order valence-electron chi connectivity index (χ4n) is 0.0481. The Morgan fingerprint density at radius 3 is 1.67 bits per heavy atom. The summed E-state index contributed by atoms with van der Waals surface area (Å²) in [7, 11) is 0. The second-order valence-electron chi connectivity index (χ2n) is 0.696. The van der Waals surface area contributed by atoms with Crippen molar-refractivity contribution in [2.75, 3.05) is 0 Å². The van der Waals surface area contributed by atoms with Gasteiger partial charge in [0.25, 0.3) is 0 Å². The first-order valence-corrected chi connectivity index (χ1v) is 1.37. The molecule has 0 radical (unpaired) electrons. The first-order valence-electron chi connectivity index (χ1n) is 1.37. The van der Waals surface area contributed by atoms with E-state index >= 15 is 0 Å². The van der Waals surface area contributed by atoms with Crippen LogP contribution in [0, 0.1) is 24.5 Å². The second kappa shape index (κ2) is 2.36. The molecule has 0 nitrogen and oxygen atoms in total. The summed E-state index contributed by atoms with van der Waals surface area (Å²) in [6.45, 7) is -1.51. The topological polar surface area (TPSA) is 0 Å². The van der Waals surface area contributed by atoms with Gasteiger partial charge in [-0.3, -0.25) is 4.32 Å². The first-order chi connectivity index (χ1) is 2.81. The normalized spacial score (nSPS) is 5.17. The van der Waals surface area contributed by atoms with E-state index in [9.17, 15) is 4.32 Å². The molecule has 0 unspecified atom stereocenters. The smallest absolute Gasteiger partial charge is 0.297 e. The lowest BCUT2D eigenvalue weighted by Crippen LogP contribution is -1.94. The van der Waals surface area contributed by atoms with Gasteiger partial charge in [0.2, 0.25) is 0 Å². The van der Waals surface area contributed by atoms with E-state index in [1.807, 2.05) is 0 Å². The first kappa shape index (κ1) is 5.11. The lowest BCUT2D eigenvalue weighted by atomic mass is 9.76. The van der Waals surface area contributed by atoms with Gasteiger partial charge < -0.3 is 0 Å². The maximum absolute atomic E-state index is 11.4. The van der Waals surface area contributed by atoms with E-state index < -0.39 is 6.99 Å². The molecule has 2 heteroatoms. The van der Waals surface area contributed by atoms with Crippen molar-refractivity contribution < 1.29 is 4.32 Å². The summed E-state index contributed by atoms with van der Waals surface area (Å²) in [5.74, 6) is 3.42. The third kappa shape index (κ3) is 1.44. The molecule has 0 bridgehead atoms. The van der Waals surface area contributed by atoms with Crippen LogP contribution in [0.1, 0.15) is 0 Å². The maximum atomic E-state index is 11.4. The summed E-state index contributed by atoms with van der Waals surface area (Å²) >= 11 is 0. The summed E-state index contributed by atoms with van der Waals surface area (Å²) in [4.78, 5) is 0. The van der Waals surface area contributed by atoms with E-state index in [1.54, 1.807) is 11.6 Å². The SMILES string of the molecule is C#CB(F)C#C. The van der Waals surface area contributed by atoms with Gasteiger partial charge in [-0.15, -0.1) is 24.5 Å². The summed E-state index contributed by atoms with van der Waals surface area (Å²) < 4.78 is 11.4. The predicted octanol–water partition coefficient (Wildman–Crippen LogP) is 0.292. The lowest BCUT2D eigenvalue weighted by molar-refractivity contribution is 0.870. The zero-order chi connectivity index (χ0) is 4.99. The van der Waals surface area contributed by atoms with Gasteiger partial charge in [-0.2, -0.15) is 0 Å². The minimum atomic E-state index is -1.51. The van der Waals surface area contributed by atoms with E-state index in [-0.39, 0.29) is 0 Å². The lowest BCUT2D eigenvalue weighted by Gasteiger charge is -1.68. The molecule has 0 aromatic carbocycles. The molecule has 0 aliphatic heterocycles. The van der Waals surface area contributed by atoms with Crippen LogP contribution in [0.25, 0.3) is 0 Å². The van der Waals surface area contributed by atoms with Crippen LogP contribution in [-0.2, 0) is 0 Å². The Kier molecular flexibility index (Phi) is 2.01. The molecule has 0 N–H and O–H groups in total. The van der Waals surface area contributed by atoms with Gasteiger partial charge in [0, 0.05) is 0 Å². The van der Waals surface area contributed by atoms with Gasteiger partial charge in [-0.05, 0) is 0 Å². The number of hydrogen-bond acceptors (Lipinski definition) is 0. The number of halogens is 1. The van der Waals surface area contributed by atoms with E-state index in [0.717, 1.165) is 0 Å². The Balaban J connectivity index is 3.40. The highest BCUT2D eigenvalue weighted by Gasteiger charge is 1.99. The predicted molar refractivity (Wildman–Crippen MR) is 24.5 cm³/mol. The van der Waals surface area contributed by atoms with Crippen LogP contribution in [0.4, 0.5) is 4.32 Å². The molecule has 0 aromatic heterocycles. The van der Waals surface area contributed by atoms with Crippen LogP contribution < -0.4 is 0 Å². The summed E-state index contributed by atoms with van der Waals surface area (Å²) in [5.41, 5.74) is 0.